The summed E-state index contributed by atoms with van der Waals surface area (Å²) in [5.74, 6) is 0. The van der Waals surface area contributed by atoms with Crippen molar-refractivity contribution in [2.24, 2.45) is 4.99 Å². The van der Waals surface area contributed by atoms with Gasteiger partial charge in [-0.25, -0.2) is 9.89 Å². The van der Waals surface area contributed by atoms with Crippen molar-refractivity contribution in [1.29, 1.82) is 26.3 Å². The summed E-state index contributed by atoms with van der Waals surface area (Å²) in [6.45, 7) is 0. The van der Waals surface area contributed by atoms with Gasteiger partial charge in [0.15, 0.2) is 17.6 Å². The zero-order valence-corrected chi connectivity index (χ0v) is 7.71. The van der Waals surface area contributed by atoms with Gasteiger partial charge in [-0.1, -0.05) is 0 Å². The smallest absolute Gasteiger partial charge is 0.224 e. The van der Waals surface area contributed by atoms with E-state index in [9.17, 15) is 0 Å². The predicted octanol–water partition coefficient (Wildman–Crippen LogP) is -0.101. The van der Waals surface area contributed by atoms with E-state index in [4.69, 9.17) is 26.3 Å². The maximum absolute atomic E-state index is 8.80. The first kappa shape index (κ1) is 10.7. The fraction of sp³-hybridized carbons (Fsp3) is 0.111. The highest BCUT2D eigenvalue weighted by molar-refractivity contribution is 6.15. The van der Waals surface area contributed by atoms with Gasteiger partial charge in [0.2, 0.25) is 6.17 Å². The van der Waals surface area contributed by atoms with Crippen LogP contribution in [0.5, 0.6) is 0 Å². The fourth-order valence-corrected chi connectivity index (χ4v) is 1.09. The molecule has 1 aliphatic heterocycles. The van der Waals surface area contributed by atoms with Crippen LogP contribution in [-0.2, 0) is 0 Å². The Morgan fingerprint density at radius 2 is 1.69 bits per heavy atom. The molecule has 1 unspecified atom stereocenters. The second-order valence-electron chi connectivity index (χ2n) is 2.51. The van der Waals surface area contributed by atoms with Gasteiger partial charge >= 0.3 is 0 Å². The molecular formula is C9HN7. The van der Waals surface area contributed by atoms with E-state index < -0.39 is 6.17 Å². The summed E-state index contributed by atoms with van der Waals surface area (Å²) in [7, 11) is 0. The molecule has 1 rings (SSSR count). The van der Waals surface area contributed by atoms with Crippen LogP contribution in [0.1, 0.15) is 0 Å². The molecule has 0 N–H and O–H groups in total. The minimum absolute atomic E-state index is 0.293. The van der Waals surface area contributed by atoms with Crippen LogP contribution in [0.15, 0.2) is 16.3 Å². The van der Waals surface area contributed by atoms with Gasteiger partial charge in [0, 0.05) is 0 Å². The standard InChI is InChI=1S/C9HN7/c10-1-6-7(2-11)15-9(4-13)16(5-14)8(6)3-12/h9H. The predicted molar refractivity (Wildman–Crippen MR) is 48.2 cm³/mol. The lowest BCUT2D eigenvalue weighted by Gasteiger charge is -2.21. The molecule has 72 valence electrons. The number of allylic oxidation sites excluding steroid dienone is 2. The van der Waals surface area contributed by atoms with Gasteiger partial charge in [-0.05, 0) is 0 Å². The Bertz CT molecular complexity index is 590. The molecule has 0 fully saturated rings. The summed E-state index contributed by atoms with van der Waals surface area (Å²) in [4.78, 5) is 4.28. The normalized spacial score (nSPS) is 18.3. The molecule has 0 spiro atoms. The Morgan fingerprint density at radius 1 is 1.00 bits per heavy atom. The van der Waals surface area contributed by atoms with E-state index in [1.54, 1.807) is 30.5 Å². The number of rotatable bonds is 0. The van der Waals surface area contributed by atoms with Crippen molar-refractivity contribution in [2.45, 2.75) is 6.17 Å². The SMILES string of the molecule is N#CC1=NC(C#N)N(C#N)C(C#N)=C1C#N. The van der Waals surface area contributed by atoms with E-state index in [0.29, 0.717) is 4.90 Å². The Balaban J connectivity index is 3.52. The van der Waals surface area contributed by atoms with Crippen molar-refractivity contribution in [2.75, 3.05) is 0 Å². The Labute approximate surface area is 90.6 Å². The number of hydrogen-bond donors (Lipinski definition) is 0. The van der Waals surface area contributed by atoms with Crippen molar-refractivity contribution in [3.63, 3.8) is 0 Å². The van der Waals surface area contributed by atoms with Crippen LogP contribution in [0.2, 0.25) is 0 Å². The monoisotopic (exact) mass is 207 g/mol. The average Bonchev–Trinajstić information content (AvgIpc) is 2.35. The summed E-state index contributed by atoms with van der Waals surface area (Å²) in [6, 6.07) is 6.49. The molecule has 1 atom stereocenters. The Morgan fingerprint density at radius 3 is 2.06 bits per heavy atom. The summed E-state index contributed by atoms with van der Waals surface area (Å²) in [6.07, 6.45) is 0.306. The van der Waals surface area contributed by atoms with Crippen molar-refractivity contribution >= 4 is 5.71 Å². The van der Waals surface area contributed by atoms with E-state index in [-0.39, 0.29) is 17.0 Å². The number of nitrogens with zero attached hydrogens (tertiary/aromatic N) is 7. The summed E-state index contributed by atoms with van der Waals surface area (Å²) >= 11 is 0. The minimum atomic E-state index is -1.27. The van der Waals surface area contributed by atoms with Gasteiger partial charge in [0.1, 0.15) is 29.8 Å². The van der Waals surface area contributed by atoms with Crippen molar-refractivity contribution in [3.05, 3.63) is 11.3 Å². The first-order chi connectivity index (χ1) is 7.73. The van der Waals surface area contributed by atoms with E-state index in [2.05, 4.69) is 4.99 Å². The molecule has 0 bridgehead atoms. The lowest BCUT2D eigenvalue weighted by atomic mass is 10.1. The third-order valence-corrected chi connectivity index (χ3v) is 1.76. The minimum Gasteiger partial charge on any atom is -0.232 e. The molecule has 0 aromatic rings. The van der Waals surface area contributed by atoms with Gasteiger partial charge in [0.25, 0.3) is 0 Å². The van der Waals surface area contributed by atoms with E-state index in [1.165, 1.54) is 0 Å². The van der Waals surface area contributed by atoms with Crippen molar-refractivity contribution in [1.82, 2.24) is 4.90 Å². The largest absolute Gasteiger partial charge is 0.232 e. The molecule has 1 aliphatic rings. The van der Waals surface area contributed by atoms with Gasteiger partial charge in [-0.15, -0.1) is 0 Å². The lowest BCUT2D eigenvalue weighted by Crippen LogP contribution is -2.33. The van der Waals surface area contributed by atoms with Gasteiger partial charge < -0.3 is 0 Å². The lowest BCUT2D eigenvalue weighted by molar-refractivity contribution is 0.434. The quantitative estimate of drug-likeness (QED) is 0.509. The van der Waals surface area contributed by atoms with E-state index in [0.717, 1.165) is 0 Å². The molecule has 1 heterocycles. The number of aliphatic imine (C=N–C) groups is 1. The Hall–Kier alpha value is -3.34. The molecule has 0 amide bonds. The van der Waals surface area contributed by atoms with Crippen LogP contribution in [0, 0.1) is 56.8 Å². The maximum atomic E-state index is 8.80. The zero-order chi connectivity index (χ0) is 12.1. The van der Waals surface area contributed by atoms with Crippen LogP contribution >= 0.6 is 0 Å². The third-order valence-electron chi connectivity index (χ3n) is 1.76. The number of hydrogen-bond acceptors (Lipinski definition) is 7. The van der Waals surface area contributed by atoms with E-state index >= 15 is 0 Å². The Kier molecular flexibility index (Phi) is 2.85. The van der Waals surface area contributed by atoms with Gasteiger partial charge in [-0.2, -0.15) is 26.3 Å². The van der Waals surface area contributed by atoms with Crippen molar-refractivity contribution < 1.29 is 0 Å². The molecule has 16 heavy (non-hydrogen) atoms. The van der Waals surface area contributed by atoms with Gasteiger partial charge in [0.05, 0.1) is 0 Å². The van der Waals surface area contributed by atoms with Gasteiger partial charge in [-0.3, -0.25) is 0 Å². The molecular weight excluding hydrogens is 206 g/mol. The number of nitriles is 5. The highest BCUT2D eigenvalue weighted by Crippen LogP contribution is 2.20. The molecule has 7 heteroatoms. The third kappa shape index (κ3) is 1.40. The van der Waals surface area contributed by atoms with Crippen LogP contribution in [0.25, 0.3) is 0 Å². The second-order valence-corrected chi connectivity index (χ2v) is 2.51. The fourth-order valence-electron chi connectivity index (χ4n) is 1.09. The molecule has 0 aromatic carbocycles. The molecule has 0 aromatic heterocycles. The average molecular weight is 207 g/mol. The van der Waals surface area contributed by atoms with Crippen LogP contribution in [-0.4, -0.2) is 16.8 Å². The highest BCUT2D eigenvalue weighted by atomic mass is 15.3. The molecule has 0 saturated carbocycles. The van der Waals surface area contributed by atoms with Crippen LogP contribution < -0.4 is 0 Å². The second kappa shape index (κ2) is 4.25. The molecule has 0 aliphatic carbocycles. The zero-order valence-electron chi connectivity index (χ0n) is 7.71. The summed E-state index contributed by atoms with van der Waals surface area (Å²) in [5, 5.41) is 43.7. The first-order valence-corrected chi connectivity index (χ1v) is 3.84. The molecule has 0 saturated heterocycles. The van der Waals surface area contributed by atoms with E-state index in [1.807, 2.05) is 0 Å². The summed E-state index contributed by atoms with van der Waals surface area (Å²) < 4.78 is 0. The van der Waals surface area contributed by atoms with Crippen molar-refractivity contribution in [3.8, 4) is 30.5 Å². The molecule has 0 radical (unpaired) electrons. The molecule has 7 nitrogen and oxygen atoms in total. The topological polar surface area (TPSA) is 135 Å². The van der Waals surface area contributed by atoms with Crippen LogP contribution in [0.4, 0.5) is 0 Å². The highest BCUT2D eigenvalue weighted by Gasteiger charge is 2.30. The first-order valence-electron chi connectivity index (χ1n) is 3.84. The van der Waals surface area contributed by atoms with Crippen LogP contribution in [0.3, 0.4) is 0 Å². The summed E-state index contributed by atoms with van der Waals surface area (Å²) in [5.41, 5.74) is -0.932. The maximum Gasteiger partial charge on any atom is 0.224 e.